The van der Waals surface area contributed by atoms with E-state index in [-0.39, 0.29) is 17.8 Å². The van der Waals surface area contributed by atoms with E-state index in [0.29, 0.717) is 29.6 Å². The maximum Gasteiger partial charge on any atom is 0.230 e. The Morgan fingerprint density at radius 1 is 1.20 bits per heavy atom. The highest BCUT2D eigenvalue weighted by Gasteiger charge is 2.60. The topological polar surface area (TPSA) is 89.9 Å². The first-order valence-corrected chi connectivity index (χ1v) is 10.5. The molecule has 9 heteroatoms. The van der Waals surface area contributed by atoms with Crippen LogP contribution in [0.2, 0.25) is 5.02 Å². The van der Waals surface area contributed by atoms with Gasteiger partial charge in [-0.2, -0.15) is 0 Å². The van der Waals surface area contributed by atoms with Gasteiger partial charge in [-0.3, -0.25) is 10.1 Å². The Morgan fingerprint density at radius 3 is 2.57 bits per heavy atom. The van der Waals surface area contributed by atoms with E-state index in [1.54, 1.807) is 6.20 Å². The lowest BCUT2D eigenvalue weighted by molar-refractivity contribution is -0.117. The molecule has 2 heterocycles. The number of hydrogen-bond donors (Lipinski definition) is 1. The van der Waals surface area contributed by atoms with Crippen molar-refractivity contribution in [1.82, 2.24) is 19.9 Å². The lowest BCUT2D eigenvalue weighted by Gasteiger charge is -2.19. The van der Waals surface area contributed by atoms with Crippen LogP contribution < -0.4 is 10.1 Å². The quantitative estimate of drug-likeness (QED) is 0.557. The molecule has 154 valence electrons. The molecule has 1 saturated carbocycles. The number of carbonyl (C=O) groups is 1. The Kier molecular flexibility index (Phi) is 5.71. The average Bonchev–Trinajstić information content (AvgIpc) is 3.45. The van der Waals surface area contributed by atoms with Crippen LogP contribution in [0.15, 0.2) is 47.3 Å². The summed E-state index contributed by atoms with van der Waals surface area (Å²) < 4.78 is 7.06. The molecule has 0 aliphatic heterocycles. The van der Waals surface area contributed by atoms with Crippen LogP contribution in [0.1, 0.15) is 23.5 Å². The third-order valence-corrected chi connectivity index (χ3v) is 5.93. The zero-order chi connectivity index (χ0) is 21.3. The van der Waals surface area contributed by atoms with E-state index in [2.05, 4.69) is 41.2 Å². The molecule has 0 spiro atoms. The minimum absolute atomic E-state index is 0.152. The molecule has 1 aliphatic rings. The van der Waals surface area contributed by atoms with Gasteiger partial charge in [0, 0.05) is 9.89 Å². The van der Waals surface area contributed by atoms with E-state index in [0.717, 1.165) is 15.7 Å². The fourth-order valence-electron chi connectivity index (χ4n) is 3.49. The number of nitrogens with one attached hydrogen (secondary N) is 1. The molecule has 7 nitrogen and oxygen atoms in total. The van der Waals surface area contributed by atoms with E-state index < -0.39 is 5.41 Å². The average molecular weight is 489 g/mol. The van der Waals surface area contributed by atoms with E-state index in [1.807, 2.05) is 38.1 Å². The summed E-state index contributed by atoms with van der Waals surface area (Å²) in [6, 6.07) is 7.95. The van der Waals surface area contributed by atoms with Gasteiger partial charge < -0.3 is 4.74 Å². The van der Waals surface area contributed by atoms with E-state index in [9.17, 15) is 4.79 Å². The van der Waals surface area contributed by atoms with E-state index in [1.165, 1.54) is 12.4 Å². The summed E-state index contributed by atoms with van der Waals surface area (Å²) in [5.41, 5.74) is 1.35. The standard InChI is InChI=1S/C21H19BrClN5O2/c1-12-18(10-24-13(2)27-12)30-11-21(14-3-5-15(22)6-4-14)7-17(21)19(29)28-20-25-8-16(23)9-26-20/h3-6,8-10,17H,7,11H2,1-2H3,(H,25,26,28,29)/t17-,21+/m0/s1. The predicted molar refractivity (Wildman–Crippen MR) is 117 cm³/mol. The summed E-state index contributed by atoms with van der Waals surface area (Å²) in [6.07, 6.45) is 5.22. The van der Waals surface area contributed by atoms with Crippen LogP contribution in [0.3, 0.4) is 0 Å². The van der Waals surface area contributed by atoms with Crippen LogP contribution in [0, 0.1) is 19.8 Å². The number of nitrogens with zero attached hydrogens (tertiary/aromatic N) is 4. The molecule has 30 heavy (non-hydrogen) atoms. The Labute approximate surface area is 187 Å². The number of rotatable bonds is 6. The molecule has 1 aromatic carbocycles. The molecule has 1 aliphatic carbocycles. The second-order valence-corrected chi connectivity index (χ2v) is 8.64. The highest BCUT2D eigenvalue weighted by atomic mass is 79.9. The van der Waals surface area contributed by atoms with Crippen molar-refractivity contribution >= 4 is 39.4 Å². The molecule has 1 N–H and O–H groups in total. The van der Waals surface area contributed by atoms with Crippen molar-refractivity contribution in [3.63, 3.8) is 0 Å². The fourth-order valence-corrected chi connectivity index (χ4v) is 3.85. The first-order valence-electron chi connectivity index (χ1n) is 9.35. The predicted octanol–water partition coefficient (Wildman–Crippen LogP) is 4.27. The molecular weight excluding hydrogens is 470 g/mol. The Morgan fingerprint density at radius 2 is 1.90 bits per heavy atom. The van der Waals surface area contributed by atoms with Gasteiger partial charge >= 0.3 is 0 Å². The Hall–Kier alpha value is -2.58. The van der Waals surface area contributed by atoms with Crippen molar-refractivity contribution in [2.45, 2.75) is 25.7 Å². The van der Waals surface area contributed by atoms with Gasteiger partial charge in [-0.25, -0.2) is 19.9 Å². The van der Waals surface area contributed by atoms with Gasteiger partial charge in [-0.1, -0.05) is 39.7 Å². The normalized spacial score (nSPS) is 19.9. The number of amides is 1. The Balaban J connectivity index is 1.55. The minimum atomic E-state index is -0.450. The van der Waals surface area contributed by atoms with Crippen LogP contribution in [0.25, 0.3) is 0 Å². The number of aromatic nitrogens is 4. The minimum Gasteiger partial charge on any atom is -0.489 e. The first kappa shape index (κ1) is 20.7. The van der Waals surface area contributed by atoms with Gasteiger partial charge in [0.25, 0.3) is 0 Å². The summed E-state index contributed by atoms with van der Waals surface area (Å²) in [5, 5.41) is 3.18. The molecule has 0 radical (unpaired) electrons. The van der Waals surface area contributed by atoms with Gasteiger partial charge in [-0.15, -0.1) is 0 Å². The van der Waals surface area contributed by atoms with Crippen LogP contribution in [0.5, 0.6) is 5.75 Å². The summed E-state index contributed by atoms with van der Waals surface area (Å²) >= 11 is 9.28. The zero-order valence-corrected chi connectivity index (χ0v) is 18.7. The molecule has 4 rings (SSSR count). The van der Waals surface area contributed by atoms with Crippen molar-refractivity contribution in [1.29, 1.82) is 0 Å². The number of benzene rings is 1. The molecule has 2 aromatic heterocycles. The van der Waals surface area contributed by atoms with Gasteiger partial charge in [0.05, 0.1) is 41.8 Å². The number of hydrogen-bond acceptors (Lipinski definition) is 6. The van der Waals surface area contributed by atoms with Crippen molar-refractivity contribution in [3.8, 4) is 5.75 Å². The van der Waals surface area contributed by atoms with Crippen molar-refractivity contribution in [3.05, 3.63) is 69.4 Å². The molecule has 3 aromatic rings. The number of carbonyl (C=O) groups excluding carboxylic acids is 1. The summed E-state index contributed by atoms with van der Waals surface area (Å²) in [7, 11) is 0. The molecule has 1 fully saturated rings. The lowest BCUT2D eigenvalue weighted by Crippen LogP contribution is -2.27. The Bertz CT molecular complexity index is 1080. The maximum atomic E-state index is 12.9. The number of anilines is 1. The van der Waals surface area contributed by atoms with Crippen LogP contribution in [-0.2, 0) is 10.2 Å². The molecular formula is C21H19BrClN5O2. The van der Waals surface area contributed by atoms with Crippen molar-refractivity contribution in [2.75, 3.05) is 11.9 Å². The smallest absolute Gasteiger partial charge is 0.230 e. The van der Waals surface area contributed by atoms with E-state index >= 15 is 0 Å². The second kappa shape index (κ2) is 8.28. The fraction of sp³-hybridized carbons (Fsp3) is 0.286. The summed E-state index contributed by atoms with van der Waals surface area (Å²) in [4.78, 5) is 29.6. The third-order valence-electron chi connectivity index (χ3n) is 5.21. The van der Waals surface area contributed by atoms with Crippen molar-refractivity contribution < 1.29 is 9.53 Å². The molecule has 0 saturated heterocycles. The van der Waals surface area contributed by atoms with Gasteiger partial charge in [0.1, 0.15) is 5.82 Å². The van der Waals surface area contributed by atoms with Crippen LogP contribution >= 0.6 is 27.5 Å². The van der Waals surface area contributed by atoms with Crippen LogP contribution in [-0.4, -0.2) is 32.4 Å². The summed E-state index contributed by atoms with van der Waals surface area (Å²) in [6.45, 7) is 4.05. The first-order chi connectivity index (χ1) is 14.4. The van der Waals surface area contributed by atoms with E-state index in [4.69, 9.17) is 16.3 Å². The molecule has 2 atom stereocenters. The molecule has 0 bridgehead atoms. The highest BCUT2D eigenvalue weighted by molar-refractivity contribution is 9.10. The SMILES string of the molecule is Cc1ncc(OC[C@@]2(c3ccc(Br)cc3)C[C@H]2C(=O)Nc2ncc(Cl)cn2)c(C)n1. The molecule has 0 unspecified atom stereocenters. The van der Waals surface area contributed by atoms with Crippen LogP contribution in [0.4, 0.5) is 5.95 Å². The zero-order valence-electron chi connectivity index (χ0n) is 16.4. The van der Waals surface area contributed by atoms with Gasteiger partial charge in [-0.05, 0) is 38.0 Å². The third kappa shape index (κ3) is 4.29. The highest BCUT2D eigenvalue weighted by Crippen LogP contribution is 2.55. The lowest BCUT2D eigenvalue weighted by atomic mass is 9.93. The van der Waals surface area contributed by atoms with Gasteiger partial charge in [0.2, 0.25) is 11.9 Å². The second-order valence-electron chi connectivity index (χ2n) is 7.29. The molecule has 1 amide bonds. The number of aryl methyl sites for hydroxylation is 2. The number of ether oxygens (including phenoxy) is 1. The largest absolute Gasteiger partial charge is 0.489 e. The van der Waals surface area contributed by atoms with Crippen molar-refractivity contribution in [2.24, 2.45) is 5.92 Å². The number of halogens is 2. The summed E-state index contributed by atoms with van der Waals surface area (Å²) in [5.74, 6) is 1.10. The van der Waals surface area contributed by atoms with Gasteiger partial charge in [0.15, 0.2) is 5.75 Å². The monoisotopic (exact) mass is 487 g/mol. The maximum absolute atomic E-state index is 12.9.